The monoisotopic (exact) mass is 289 g/mol. The molecular formula is C12H13ClFNO4. The van der Waals surface area contributed by atoms with Crippen molar-refractivity contribution < 1.29 is 23.8 Å². The number of alkyl halides is 1. The van der Waals surface area contributed by atoms with Crippen LogP contribution in [0.4, 0.5) is 4.39 Å². The number of halogens is 2. The molecule has 0 aromatic heterocycles. The van der Waals surface area contributed by atoms with E-state index < -0.39 is 31.2 Å². The van der Waals surface area contributed by atoms with Gasteiger partial charge in [-0.3, -0.25) is 4.79 Å². The van der Waals surface area contributed by atoms with Gasteiger partial charge in [-0.1, -0.05) is 11.6 Å². The molecule has 1 rings (SSSR count). The Kier molecular flexibility index (Phi) is 5.57. The molecule has 1 atom stereocenters. The first kappa shape index (κ1) is 15.2. The predicted octanol–water partition coefficient (Wildman–Crippen LogP) is 1.57. The Bertz CT molecular complexity index is 481. The third-order valence-electron chi connectivity index (χ3n) is 2.28. The van der Waals surface area contributed by atoms with Crippen molar-refractivity contribution in [1.82, 2.24) is 5.32 Å². The fourth-order valence-electron chi connectivity index (χ4n) is 1.32. The highest BCUT2D eigenvalue weighted by molar-refractivity contribution is 6.30. The van der Waals surface area contributed by atoms with Gasteiger partial charge >= 0.3 is 5.97 Å². The lowest BCUT2D eigenvalue weighted by molar-refractivity contribution is -0.142. The molecule has 19 heavy (non-hydrogen) atoms. The van der Waals surface area contributed by atoms with Gasteiger partial charge in [0.2, 0.25) is 0 Å². The highest BCUT2D eigenvalue weighted by atomic mass is 35.5. The van der Waals surface area contributed by atoms with Gasteiger partial charge in [-0.2, -0.15) is 0 Å². The van der Waals surface area contributed by atoms with Crippen molar-refractivity contribution in [2.75, 3.05) is 13.3 Å². The highest BCUT2D eigenvalue weighted by Gasteiger charge is 2.19. The number of rotatable bonds is 6. The number of aliphatic carboxylic acids is 1. The SMILES string of the molecule is Cc1cc(Cl)ccc1OCC(=O)NC(CF)C(=O)O. The summed E-state index contributed by atoms with van der Waals surface area (Å²) in [5.74, 6) is -1.69. The summed E-state index contributed by atoms with van der Waals surface area (Å²) in [5, 5.41) is 11.1. The Morgan fingerprint density at radius 2 is 2.21 bits per heavy atom. The molecule has 0 fully saturated rings. The fraction of sp³-hybridized carbons (Fsp3) is 0.333. The lowest BCUT2D eigenvalue weighted by Crippen LogP contribution is -2.44. The van der Waals surface area contributed by atoms with Crippen molar-refractivity contribution in [2.24, 2.45) is 0 Å². The quantitative estimate of drug-likeness (QED) is 0.833. The lowest BCUT2D eigenvalue weighted by Gasteiger charge is -2.12. The number of ether oxygens (including phenoxy) is 1. The Balaban J connectivity index is 2.52. The second-order valence-corrected chi connectivity index (χ2v) is 4.25. The van der Waals surface area contributed by atoms with E-state index in [-0.39, 0.29) is 0 Å². The maximum Gasteiger partial charge on any atom is 0.328 e. The van der Waals surface area contributed by atoms with E-state index in [1.54, 1.807) is 25.1 Å². The number of amides is 1. The maximum absolute atomic E-state index is 12.3. The first-order valence-electron chi connectivity index (χ1n) is 5.41. The van der Waals surface area contributed by atoms with Gasteiger partial charge < -0.3 is 15.2 Å². The molecule has 1 aromatic carbocycles. The van der Waals surface area contributed by atoms with Crippen LogP contribution in [0.25, 0.3) is 0 Å². The van der Waals surface area contributed by atoms with Gasteiger partial charge in [0.25, 0.3) is 5.91 Å². The first-order chi connectivity index (χ1) is 8.93. The number of carboxylic acids is 1. The van der Waals surface area contributed by atoms with Crippen LogP contribution in [0, 0.1) is 6.92 Å². The average Bonchev–Trinajstić information content (AvgIpc) is 2.34. The van der Waals surface area contributed by atoms with Crippen LogP contribution in [0.15, 0.2) is 18.2 Å². The number of hydrogen-bond donors (Lipinski definition) is 2. The van der Waals surface area contributed by atoms with Gasteiger partial charge in [-0.05, 0) is 30.7 Å². The average molecular weight is 290 g/mol. The molecule has 1 aromatic rings. The Morgan fingerprint density at radius 1 is 1.53 bits per heavy atom. The Morgan fingerprint density at radius 3 is 2.74 bits per heavy atom. The molecule has 0 aliphatic heterocycles. The Hall–Kier alpha value is -1.82. The standard InChI is InChI=1S/C12H13ClFNO4/c1-7-4-8(13)2-3-10(7)19-6-11(16)15-9(5-14)12(17)18/h2-4,9H,5-6H2,1H3,(H,15,16)(H,17,18). The summed E-state index contributed by atoms with van der Waals surface area (Å²) in [6.07, 6.45) is 0. The number of aryl methyl sites for hydroxylation is 1. The van der Waals surface area contributed by atoms with Crippen LogP contribution in [0.5, 0.6) is 5.75 Å². The van der Waals surface area contributed by atoms with Crippen LogP contribution in [0.1, 0.15) is 5.56 Å². The van der Waals surface area contributed by atoms with Crippen LogP contribution < -0.4 is 10.1 Å². The summed E-state index contributed by atoms with van der Waals surface area (Å²) in [7, 11) is 0. The van der Waals surface area contributed by atoms with Crippen molar-refractivity contribution in [2.45, 2.75) is 13.0 Å². The van der Waals surface area contributed by atoms with Crippen LogP contribution in [-0.4, -0.2) is 36.3 Å². The van der Waals surface area contributed by atoms with E-state index in [1.807, 2.05) is 5.32 Å². The van der Waals surface area contributed by atoms with Gasteiger partial charge in [-0.25, -0.2) is 9.18 Å². The summed E-state index contributed by atoms with van der Waals surface area (Å²) in [6, 6.07) is 3.30. The molecule has 0 heterocycles. The van der Waals surface area contributed by atoms with Crippen molar-refractivity contribution in [3.63, 3.8) is 0 Å². The van der Waals surface area contributed by atoms with Gasteiger partial charge in [-0.15, -0.1) is 0 Å². The molecular weight excluding hydrogens is 277 g/mol. The number of hydrogen-bond acceptors (Lipinski definition) is 3. The second kappa shape index (κ2) is 6.94. The molecule has 104 valence electrons. The molecule has 5 nitrogen and oxygen atoms in total. The summed E-state index contributed by atoms with van der Waals surface area (Å²) >= 11 is 5.76. The summed E-state index contributed by atoms with van der Waals surface area (Å²) in [5.41, 5.74) is 0.737. The van der Waals surface area contributed by atoms with Gasteiger partial charge in [0, 0.05) is 5.02 Å². The molecule has 0 saturated carbocycles. The second-order valence-electron chi connectivity index (χ2n) is 3.81. The zero-order chi connectivity index (χ0) is 14.4. The van der Waals surface area contributed by atoms with Gasteiger partial charge in [0.15, 0.2) is 12.6 Å². The number of carboxylic acid groups (broad SMARTS) is 1. The third-order valence-corrected chi connectivity index (χ3v) is 2.52. The normalized spacial score (nSPS) is 11.7. The third kappa shape index (κ3) is 4.75. The van der Waals surface area contributed by atoms with Crippen molar-refractivity contribution >= 4 is 23.5 Å². The number of benzene rings is 1. The van der Waals surface area contributed by atoms with E-state index in [0.29, 0.717) is 10.8 Å². The lowest BCUT2D eigenvalue weighted by atomic mass is 10.2. The van der Waals surface area contributed by atoms with E-state index in [0.717, 1.165) is 5.56 Å². The topological polar surface area (TPSA) is 75.6 Å². The van der Waals surface area contributed by atoms with E-state index in [4.69, 9.17) is 21.4 Å². The first-order valence-corrected chi connectivity index (χ1v) is 5.79. The highest BCUT2D eigenvalue weighted by Crippen LogP contribution is 2.21. The van der Waals surface area contributed by atoms with Gasteiger partial charge in [0.1, 0.15) is 12.4 Å². The fourth-order valence-corrected chi connectivity index (χ4v) is 1.55. The smallest absolute Gasteiger partial charge is 0.328 e. The number of carbonyl (C=O) groups is 2. The molecule has 2 N–H and O–H groups in total. The molecule has 0 bridgehead atoms. The number of carbonyl (C=O) groups excluding carboxylic acids is 1. The maximum atomic E-state index is 12.3. The van der Waals surface area contributed by atoms with Crippen LogP contribution in [0.3, 0.4) is 0 Å². The molecule has 1 unspecified atom stereocenters. The summed E-state index contributed by atoms with van der Waals surface area (Å²) in [4.78, 5) is 21.9. The van der Waals surface area contributed by atoms with Crippen LogP contribution >= 0.6 is 11.6 Å². The minimum atomic E-state index is -1.55. The summed E-state index contributed by atoms with van der Waals surface area (Å²) in [6.45, 7) is 0.175. The molecule has 0 spiro atoms. The summed E-state index contributed by atoms with van der Waals surface area (Å²) < 4.78 is 17.5. The Labute approximate surface area is 114 Å². The van der Waals surface area contributed by atoms with Crippen LogP contribution in [-0.2, 0) is 9.59 Å². The zero-order valence-electron chi connectivity index (χ0n) is 10.2. The van der Waals surface area contributed by atoms with Crippen molar-refractivity contribution in [3.8, 4) is 5.75 Å². The molecule has 0 aliphatic carbocycles. The molecule has 1 amide bonds. The van der Waals surface area contributed by atoms with E-state index in [2.05, 4.69) is 0 Å². The molecule has 0 aliphatic rings. The van der Waals surface area contributed by atoms with Crippen molar-refractivity contribution in [3.05, 3.63) is 28.8 Å². The minimum Gasteiger partial charge on any atom is -0.484 e. The molecule has 7 heteroatoms. The van der Waals surface area contributed by atoms with Gasteiger partial charge in [0.05, 0.1) is 0 Å². The molecule has 0 saturated heterocycles. The zero-order valence-corrected chi connectivity index (χ0v) is 10.9. The predicted molar refractivity (Wildman–Crippen MR) is 67.2 cm³/mol. The van der Waals surface area contributed by atoms with E-state index in [1.165, 1.54) is 0 Å². The number of nitrogens with one attached hydrogen (secondary N) is 1. The van der Waals surface area contributed by atoms with E-state index in [9.17, 15) is 14.0 Å². The minimum absolute atomic E-state index is 0.397. The van der Waals surface area contributed by atoms with Crippen LogP contribution in [0.2, 0.25) is 5.02 Å². The van der Waals surface area contributed by atoms with Crippen molar-refractivity contribution in [1.29, 1.82) is 0 Å². The molecule has 0 radical (unpaired) electrons. The van der Waals surface area contributed by atoms with E-state index >= 15 is 0 Å². The largest absolute Gasteiger partial charge is 0.484 e.